The highest BCUT2D eigenvalue weighted by Gasteiger charge is 2.20. The van der Waals surface area contributed by atoms with Crippen molar-refractivity contribution in [2.45, 2.75) is 13.5 Å². The lowest BCUT2D eigenvalue weighted by molar-refractivity contribution is -0.689. The van der Waals surface area contributed by atoms with E-state index in [1.54, 1.807) is 16.8 Å². The number of hydrogen-bond donors (Lipinski definition) is 0. The van der Waals surface area contributed by atoms with Gasteiger partial charge in [0.15, 0.2) is 11.9 Å². The third-order valence-corrected chi connectivity index (χ3v) is 3.90. The summed E-state index contributed by atoms with van der Waals surface area (Å²) < 4.78 is 16.1. The van der Waals surface area contributed by atoms with E-state index in [0.29, 0.717) is 0 Å². The van der Waals surface area contributed by atoms with Crippen molar-refractivity contribution < 1.29 is 35.7 Å². The van der Waals surface area contributed by atoms with Crippen molar-refractivity contribution in [3.63, 3.8) is 0 Å². The van der Waals surface area contributed by atoms with Crippen LogP contribution < -0.4 is 21.5 Å². The van der Waals surface area contributed by atoms with Crippen LogP contribution in [0.4, 0.5) is 10.1 Å². The van der Waals surface area contributed by atoms with Gasteiger partial charge in [0.1, 0.15) is 0 Å². The molecule has 0 aliphatic carbocycles. The van der Waals surface area contributed by atoms with E-state index in [9.17, 15) is 19.3 Å². The maximum absolute atomic E-state index is 13.5. The van der Waals surface area contributed by atoms with Gasteiger partial charge in [0.05, 0.1) is 9.40 Å². The van der Waals surface area contributed by atoms with Crippen molar-refractivity contribution >= 4 is 27.4 Å². The minimum absolute atomic E-state index is 0. The second kappa shape index (κ2) is 7.55. The van der Waals surface area contributed by atoms with Gasteiger partial charge in [0.25, 0.3) is 0 Å². The lowest BCUT2D eigenvalue weighted by Crippen LogP contribution is -3.00. The van der Waals surface area contributed by atoms with Crippen LogP contribution in [0.15, 0.2) is 41.0 Å². The number of nitro benzene ring substituents is 1. The molecule has 8 heteroatoms. The summed E-state index contributed by atoms with van der Waals surface area (Å²) in [5.41, 5.74) is 0.316. The molecule has 5 nitrogen and oxygen atoms in total. The number of halogens is 3. The Bertz CT molecular complexity index is 738. The zero-order valence-corrected chi connectivity index (χ0v) is 14.6. The summed E-state index contributed by atoms with van der Waals surface area (Å²) >= 11 is 3.36. The van der Waals surface area contributed by atoms with E-state index < -0.39 is 16.4 Å². The summed E-state index contributed by atoms with van der Waals surface area (Å²) in [6.45, 7) is 1.87. The van der Waals surface area contributed by atoms with Crippen molar-refractivity contribution in [2.24, 2.45) is 0 Å². The zero-order valence-electron chi connectivity index (χ0n) is 11.4. The number of carbonyl (C=O) groups is 1. The molecule has 1 aromatic carbocycles. The number of nitrogens with zero attached hydrogens (tertiary/aromatic N) is 2. The van der Waals surface area contributed by atoms with Crippen LogP contribution in [0.3, 0.4) is 0 Å². The molecule has 116 valence electrons. The van der Waals surface area contributed by atoms with E-state index >= 15 is 0 Å². The largest absolute Gasteiger partial charge is 1.00 e. The summed E-state index contributed by atoms with van der Waals surface area (Å²) in [5, 5.41) is 10.5. The van der Waals surface area contributed by atoms with Crippen molar-refractivity contribution in [1.82, 2.24) is 0 Å². The Morgan fingerprint density at radius 1 is 1.41 bits per heavy atom. The molecule has 0 unspecified atom stereocenters. The fourth-order valence-electron chi connectivity index (χ4n) is 1.85. The molecule has 0 aliphatic rings. The van der Waals surface area contributed by atoms with Crippen LogP contribution in [0.5, 0.6) is 0 Å². The highest BCUT2D eigenvalue weighted by molar-refractivity contribution is 9.10. The Hall–Kier alpha value is -1.67. The molecule has 0 amide bonds. The maximum Gasteiger partial charge on any atom is 0.304 e. The van der Waals surface area contributed by atoms with E-state index in [2.05, 4.69) is 15.9 Å². The van der Waals surface area contributed by atoms with Crippen LogP contribution >= 0.6 is 15.9 Å². The highest BCUT2D eigenvalue weighted by atomic mass is 79.9. The third-order valence-electron chi connectivity index (χ3n) is 3.07. The average molecular weight is 434 g/mol. The molecule has 0 saturated carbocycles. The fraction of sp³-hybridized carbons (Fsp3) is 0.143. The van der Waals surface area contributed by atoms with E-state index in [0.717, 1.165) is 22.3 Å². The second-order valence-corrected chi connectivity index (χ2v) is 5.27. The molecule has 22 heavy (non-hydrogen) atoms. The Balaban J connectivity index is 0.00000242. The molecule has 2 aromatic rings. The van der Waals surface area contributed by atoms with Crippen LogP contribution in [-0.2, 0) is 6.54 Å². The van der Waals surface area contributed by atoms with Crippen LogP contribution in [0.25, 0.3) is 0 Å². The summed E-state index contributed by atoms with van der Waals surface area (Å²) in [6, 6.07) is 6.79. The van der Waals surface area contributed by atoms with Gasteiger partial charge in [0, 0.05) is 24.6 Å². The summed E-state index contributed by atoms with van der Waals surface area (Å²) in [5.74, 6) is -1.34. The zero-order chi connectivity index (χ0) is 15.6. The van der Waals surface area contributed by atoms with E-state index in [1.165, 1.54) is 6.07 Å². The molecule has 0 bridgehead atoms. The van der Waals surface area contributed by atoms with Gasteiger partial charge in [-0.2, -0.15) is 8.96 Å². The summed E-state index contributed by atoms with van der Waals surface area (Å²) in [4.78, 5) is 21.9. The Morgan fingerprint density at radius 3 is 2.68 bits per heavy atom. The standard InChI is InChI=1S/C14H11BrFN2O3.BrH/c1-9-11(15)3-2-6-17(9)8-14(19)10-4-5-13(18(20)21)12(16)7-10;/h2-7H,8H2,1H3;1H/q+1;/p-1. The molecule has 0 aliphatic heterocycles. The number of benzene rings is 1. The fourth-order valence-corrected chi connectivity index (χ4v) is 2.23. The summed E-state index contributed by atoms with van der Waals surface area (Å²) in [6.07, 6.45) is 1.74. The Labute approximate surface area is 144 Å². The Morgan fingerprint density at radius 2 is 2.09 bits per heavy atom. The lowest BCUT2D eigenvalue weighted by Gasteiger charge is -2.02. The van der Waals surface area contributed by atoms with E-state index in [4.69, 9.17) is 0 Å². The molecule has 0 N–H and O–H groups in total. The molecule has 2 rings (SSSR count). The molecule has 0 radical (unpaired) electrons. The monoisotopic (exact) mass is 432 g/mol. The normalized spacial score (nSPS) is 9.95. The number of nitro groups is 1. The van der Waals surface area contributed by atoms with Crippen LogP contribution in [0, 0.1) is 22.9 Å². The third kappa shape index (κ3) is 3.95. The van der Waals surface area contributed by atoms with Crippen molar-refractivity contribution in [2.75, 3.05) is 0 Å². The molecule has 0 spiro atoms. The minimum atomic E-state index is -1.01. The van der Waals surface area contributed by atoms with Gasteiger partial charge in [0.2, 0.25) is 18.1 Å². The lowest BCUT2D eigenvalue weighted by atomic mass is 10.1. The number of Topliss-reactive ketones (excluding diaryl/α,β-unsaturated/α-hetero) is 1. The second-order valence-electron chi connectivity index (χ2n) is 4.42. The van der Waals surface area contributed by atoms with Gasteiger partial charge in [-0.25, -0.2) is 0 Å². The predicted octanol–water partition coefficient (Wildman–Crippen LogP) is -0.0208. The van der Waals surface area contributed by atoms with Gasteiger partial charge < -0.3 is 17.0 Å². The van der Waals surface area contributed by atoms with E-state index in [-0.39, 0.29) is 34.9 Å². The first-order chi connectivity index (χ1) is 9.90. The number of ketones is 1. The van der Waals surface area contributed by atoms with Gasteiger partial charge in [-0.1, -0.05) is 0 Å². The number of carbonyl (C=O) groups excluding carboxylic acids is 1. The molecule has 0 atom stereocenters. The topological polar surface area (TPSA) is 64.1 Å². The number of aromatic nitrogens is 1. The molecular formula is C14H11Br2FN2O3. The molecule has 1 aromatic heterocycles. The van der Waals surface area contributed by atoms with Crippen molar-refractivity contribution in [3.05, 3.63) is 68.2 Å². The predicted molar refractivity (Wildman–Crippen MR) is 76.5 cm³/mol. The number of rotatable bonds is 4. The van der Waals surface area contributed by atoms with Crippen LogP contribution in [-0.4, -0.2) is 10.7 Å². The van der Waals surface area contributed by atoms with Crippen LogP contribution in [0.1, 0.15) is 16.1 Å². The van der Waals surface area contributed by atoms with Crippen molar-refractivity contribution in [1.29, 1.82) is 0 Å². The van der Waals surface area contributed by atoms with Gasteiger partial charge in [-0.15, -0.1) is 0 Å². The Kier molecular flexibility index (Phi) is 6.31. The maximum atomic E-state index is 13.5. The molecular weight excluding hydrogens is 423 g/mol. The average Bonchev–Trinajstić information content (AvgIpc) is 2.43. The summed E-state index contributed by atoms with van der Waals surface area (Å²) in [7, 11) is 0. The smallest absolute Gasteiger partial charge is 0.304 e. The first-order valence-corrected chi connectivity index (χ1v) is 6.81. The van der Waals surface area contributed by atoms with Crippen LogP contribution in [0.2, 0.25) is 0 Å². The number of pyridine rings is 1. The minimum Gasteiger partial charge on any atom is -1.00 e. The SMILES string of the molecule is Cc1c(Br)ccc[n+]1CC(=O)c1ccc([N+](=O)[O-])c(F)c1.[Br-]. The molecule has 1 heterocycles. The van der Waals surface area contributed by atoms with Crippen molar-refractivity contribution in [3.8, 4) is 0 Å². The molecule has 0 fully saturated rings. The van der Waals surface area contributed by atoms with E-state index in [1.807, 2.05) is 13.0 Å². The number of hydrogen-bond acceptors (Lipinski definition) is 3. The highest BCUT2D eigenvalue weighted by Crippen LogP contribution is 2.18. The van der Waals surface area contributed by atoms with Gasteiger partial charge in [-0.05, 0) is 34.1 Å². The first kappa shape index (κ1) is 18.4. The molecule has 0 saturated heterocycles. The quantitative estimate of drug-likeness (QED) is 0.294. The van der Waals surface area contributed by atoms with Gasteiger partial charge in [-0.3, -0.25) is 14.9 Å². The van der Waals surface area contributed by atoms with Gasteiger partial charge >= 0.3 is 5.69 Å². The first-order valence-electron chi connectivity index (χ1n) is 6.02.